The van der Waals surface area contributed by atoms with Crippen LogP contribution in [-0.4, -0.2) is 53.2 Å². The van der Waals surface area contributed by atoms with Gasteiger partial charge in [-0.25, -0.2) is 0 Å². The van der Waals surface area contributed by atoms with Gasteiger partial charge in [-0.15, -0.1) is 11.3 Å². The second-order valence-electron chi connectivity index (χ2n) is 5.83. The first-order valence-electron chi connectivity index (χ1n) is 8.31. The number of Topliss-reactive ketones (excluding diaryl/α,β-unsaturated/α-hetero) is 1. The first-order valence-corrected chi connectivity index (χ1v) is 9.57. The third-order valence-corrected chi connectivity index (χ3v) is 5.42. The summed E-state index contributed by atoms with van der Waals surface area (Å²) in [5.74, 6) is -1.62. The maximum Gasteiger partial charge on any atom is 0.290 e. The number of rotatable bonds is 8. The summed E-state index contributed by atoms with van der Waals surface area (Å²) in [7, 11) is 0. The molecule has 0 unspecified atom stereocenters. The molecule has 2 N–H and O–H groups in total. The predicted molar refractivity (Wildman–Crippen MR) is 102 cm³/mol. The summed E-state index contributed by atoms with van der Waals surface area (Å²) >= 11 is 7.57. The zero-order chi connectivity index (χ0) is 19.4. The van der Waals surface area contributed by atoms with E-state index in [2.05, 4.69) is 0 Å². The lowest BCUT2D eigenvalue weighted by atomic mass is 9.95. The van der Waals surface area contributed by atoms with Gasteiger partial charge in [-0.3, -0.25) is 9.59 Å². The third kappa shape index (κ3) is 3.91. The van der Waals surface area contributed by atoms with Crippen LogP contribution in [0, 0.1) is 0 Å². The van der Waals surface area contributed by atoms with Gasteiger partial charge in [0.05, 0.1) is 36.3 Å². The molecule has 6 nitrogen and oxygen atoms in total. The van der Waals surface area contributed by atoms with Crippen LogP contribution in [0.4, 0.5) is 0 Å². The molecule has 0 spiro atoms. The van der Waals surface area contributed by atoms with Crippen molar-refractivity contribution in [3.05, 3.63) is 68.6 Å². The normalized spacial score (nSPS) is 17.0. The number of nitrogens with zero attached hydrogens (tertiary/aromatic N) is 1. The fourth-order valence-electron chi connectivity index (χ4n) is 3.01. The number of hydrogen-bond donors (Lipinski definition) is 2. The summed E-state index contributed by atoms with van der Waals surface area (Å²) < 4.78 is 5.25. The summed E-state index contributed by atoms with van der Waals surface area (Å²) in [6.45, 7) is 0.299. The number of hydrogen-bond acceptors (Lipinski definition) is 6. The van der Waals surface area contributed by atoms with Crippen LogP contribution in [0.1, 0.15) is 21.3 Å². The van der Waals surface area contributed by atoms with Crippen LogP contribution in [0.15, 0.2) is 53.1 Å². The molecule has 0 radical (unpaired) electrons. The fraction of sp³-hybridized carbons (Fsp3) is 0.263. The van der Waals surface area contributed by atoms with E-state index in [0.29, 0.717) is 15.5 Å². The van der Waals surface area contributed by atoms with Crippen molar-refractivity contribution in [1.82, 2.24) is 4.90 Å². The molecule has 1 aromatic carbocycles. The lowest BCUT2D eigenvalue weighted by molar-refractivity contribution is -0.130. The molecular formula is C19H18ClNO5S. The van der Waals surface area contributed by atoms with Crippen molar-refractivity contribution in [2.75, 3.05) is 26.4 Å². The van der Waals surface area contributed by atoms with Gasteiger partial charge in [0, 0.05) is 11.6 Å². The number of carbonyl (C=O) groups is 2. The highest BCUT2D eigenvalue weighted by molar-refractivity contribution is 7.12. The SMILES string of the molecule is O=C(C1=C(O)C(=O)N(CCOCCO)[C@@H]1c1ccccc1Cl)c1cccs1. The molecule has 1 aliphatic rings. The summed E-state index contributed by atoms with van der Waals surface area (Å²) in [5, 5.41) is 21.4. The van der Waals surface area contributed by atoms with Gasteiger partial charge in [-0.2, -0.15) is 0 Å². The largest absolute Gasteiger partial charge is 0.503 e. The Balaban J connectivity index is 2.00. The summed E-state index contributed by atoms with van der Waals surface area (Å²) in [6.07, 6.45) is 0. The minimum Gasteiger partial charge on any atom is -0.503 e. The standard InChI is InChI=1S/C19H18ClNO5S/c20-13-5-2-1-4-12(13)16-15(17(23)14-6-3-11-27-14)18(24)19(25)21(16)7-9-26-10-8-22/h1-6,11,16,22,24H,7-10H2/t16-/m1/s1. The summed E-state index contributed by atoms with van der Waals surface area (Å²) in [4.78, 5) is 27.5. The molecule has 3 rings (SSSR count). The average molecular weight is 408 g/mol. The zero-order valence-corrected chi connectivity index (χ0v) is 15.9. The Hall–Kier alpha value is -2.19. The molecule has 1 aliphatic heterocycles. The van der Waals surface area contributed by atoms with Crippen LogP contribution in [0.5, 0.6) is 0 Å². The van der Waals surface area contributed by atoms with Crippen LogP contribution < -0.4 is 0 Å². The van der Waals surface area contributed by atoms with E-state index in [4.69, 9.17) is 21.4 Å². The lowest BCUT2D eigenvalue weighted by Crippen LogP contribution is -2.34. The Bertz CT molecular complexity index is 865. The van der Waals surface area contributed by atoms with E-state index in [1.807, 2.05) is 0 Å². The molecule has 0 saturated heterocycles. The van der Waals surface area contributed by atoms with Crippen molar-refractivity contribution in [3.63, 3.8) is 0 Å². The minimum atomic E-state index is -0.807. The van der Waals surface area contributed by atoms with Crippen molar-refractivity contribution in [1.29, 1.82) is 0 Å². The topological polar surface area (TPSA) is 87.1 Å². The number of halogens is 1. The first-order chi connectivity index (χ1) is 13.1. The van der Waals surface area contributed by atoms with Crippen LogP contribution in [0.2, 0.25) is 5.02 Å². The van der Waals surface area contributed by atoms with Crippen LogP contribution in [0.3, 0.4) is 0 Å². The number of amides is 1. The fourth-order valence-corrected chi connectivity index (χ4v) is 3.92. The highest BCUT2D eigenvalue weighted by Crippen LogP contribution is 2.41. The van der Waals surface area contributed by atoms with Gasteiger partial charge in [-0.05, 0) is 23.1 Å². The average Bonchev–Trinajstić information content (AvgIpc) is 3.28. The van der Waals surface area contributed by atoms with Crippen molar-refractivity contribution < 1.29 is 24.5 Å². The molecule has 0 aliphatic carbocycles. The maximum atomic E-state index is 13.0. The predicted octanol–water partition coefficient (Wildman–Crippen LogP) is 2.99. The molecule has 2 heterocycles. The Labute approximate surface area is 165 Å². The van der Waals surface area contributed by atoms with Crippen molar-refractivity contribution >= 4 is 34.6 Å². The van der Waals surface area contributed by atoms with E-state index in [1.54, 1.807) is 41.8 Å². The first kappa shape index (κ1) is 19.6. The van der Waals surface area contributed by atoms with E-state index in [9.17, 15) is 14.7 Å². The van der Waals surface area contributed by atoms with Crippen molar-refractivity contribution in [3.8, 4) is 0 Å². The quantitative estimate of drug-likeness (QED) is 0.519. The highest BCUT2D eigenvalue weighted by Gasteiger charge is 2.44. The molecule has 27 heavy (non-hydrogen) atoms. The van der Waals surface area contributed by atoms with E-state index < -0.39 is 23.5 Å². The Morgan fingerprint density at radius 2 is 2.00 bits per heavy atom. The van der Waals surface area contributed by atoms with E-state index in [0.717, 1.165) is 0 Å². The Kier molecular flexibility index (Phi) is 6.28. The van der Waals surface area contributed by atoms with Crippen LogP contribution in [0.25, 0.3) is 0 Å². The van der Waals surface area contributed by atoms with Crippen molar-refractivity contribution in [2.45, 2.75) is 6.04 Å². The van der Waals surface area contributed by atoms with Gasteiger partial charge in [0.2, 0.25) is 5.78 Å². The Morgan fingerprint density at radius 3 is 2.67 bits per heavy atom. The lowest BCUT2D eigenvalue weighted by Gasteiger charge is -2.27. The second kappa shape index (κ2) is 8.67. The van der Waals surface area contributed by atoms with E-state index >= 15 is 0 Å². The monoisotopic (exact) mass is 407 g/mol. The maximum absolute atomic E-state index is 13.0. The van der Waals surface area contributed by atoms with Gasteiger partial charge in [0.25, 0.3) is 5.91 Å². The molecule has 2 aromatic rings. The number of thiophene rings is 1. The molecule has 142 valence electrons. The summed E-state index contributed by atoms with van der Waals surface area (Å²) in [6, 6.07) is 9.48. The van der Waals surface area contributed by atoms with Gasteiger partial charge in [-0.1, -0.05) is 35.9 Å². The van der Waals surface area contributed by atoms with E-state index in [-0.39, 0.29) is 31.9 Å². The Morgan fingerprint density at radius 1 is 1.22 bits per heavy atom. The minimum absolute atomic E-state index is 0.0118. The molecule has 0 fully saturated rings. The third-order valence-electron chi connectivity index (χ3n) is 4.21. The molecule has 1 atom stereocenters. The number of benzene rings is 1. The van der Waals surface area contributed by atoms with Crippen LogP contribution in [-0.2, 0) is 9.53 Å². The number of aliphatic hydroxyl groups excluding tert-OH is 2. The van der Waals surface area contributed by atoms with Gasteiger partial charge in [0.15, 0.2) is 5.76 Å². The number of carbonyl (C=O) groups excluding carboxylic acids is 2. The smallest absolute Gasteiger partial charge is 0.290 e. The van der Waals surface area contributed by atoms with Crippen LogP contribution >= 0.6 is 22.9 Å². The number of aliphatic hydroxyl groups is 2. The van der Waals surface area contributed by atoms with Crippen molar-refractivity contribution in [2.24, 2.45) is 0 Å². The van der Waals surface area contributed by atoms with Gasteiger partial charge in [0.1, 0.15) is 0 Å². The second-order valence-corrected chi connectivity index (χ2v) is 7.18. The molecular weight excluding hydrogens is 390 g/mol. The molecule has 1 amide bonds. The molecule has 1 aromatic heterocycles. The van der Waals surface area contributed by atoms with Gasteiger partial charge >= 0.3 is 0 Å². The highest BCUT2D eigenvalue weighted by atomic mass is 35.5. The molecule has 0 bridgehead atoms. The summed E-state index contributed by atoms with van der Waals surface area (Å²) in [5.41, 5.74) is 0.566. The van der Waals surface area contributed by atoms with Gasteiger partial charge < -0.3 is 19.8 Å². The number of ketones is 1. The number of ether oxygens (including phenoxy) is 1. The molecule has 0 saturated carbocycles. The van der Waals surface area contributed by atoms with E-state index in [1.165, 1.54) is 16.2 Å². The molecule has 8 heteroatoms. The zero-order valence-electron chi connectivity index (χ0n) is 14.3.